The van der Waals surface area contributed by atoms with Crippen molar-refractivity contribution in [3.8, 4) is 0 Å². The van der Waals surface area contributed by atoms with E-state index in [4.69, 9.17) is 21.7 Å². The average Bonchev–Trinajstić information content (AvgIpc) is 2.17. The summed E-state index contributed by atoms with van der Waals surface area (Å²) in [7, 11) is 0. The predicted octanol–water partition coefficient (Wildman–Crippen LogP) is 3.15. The zero-order chi connectivity index (χ0) is 11.3. The number of hydrogen-bond donors (Lipinski definition) is 0. The minimum atomic E-state index is -0.202. The summed E-state index contributed by atoms with van der Waals surface area (Å²) in [6, 6.07) is 9.63. The van der Waals surface area contributed by atoms with Gasteiger partial charge in [-0.25, -0.2) is 0 Å². The van der Waals surface area contributed by atoms with Crippen LogP contribution in [0.3, 0.4) is 0 Å². The molecule has 0 radical (unpaired) electrons. The Labute approximate surface area is 96.2 Å². The first-order chi connectivity index (χ1) is 6.99. The van der Waals surface area contributed by atoms with Gasteiger partial charge in [-0.1, -0.05) is 30.3 Å². The monoisotopic (exact) mass is 224 g/mol. The highest BCUT2D eigenvalue weighted by Crippen LogP contribution is 2.08. The fourth-order valence-electron chi connectivity index (χ4n) is 0.917. The molecule has 0 heterocycles. The number of hydrogen-bond acceptors (Lipinski definition) is 3. The van der Waals surface area contributed by atoms with Crippen LogP contribution in [0.25, 0.3) is 0 Å². The fourth-order valence-corrected chi connectivity index (χ4v) is 1.10. The van der Waals surface area contributed by atoms with Gasteiger partial charge in [0.15, 0.2) is 11.8 Å². The molecule has 0 unspecified atom stereocenters. The maximum atomic E-state index is 5.41. The first-order valence-electron chi connectivity index (χ1n) is 4.85. The first-order valence-corrected chi connectivity index (χ1v) is 5.26. The van der Waals surface area contributed by atoms with Crippen LogP contribution in [0.5, 0.6) is 0 Å². The summed E-state index contributed by atoms with van der Waals surface area (Å²) < 4.78 is 10.7. The summed E-state index contributed by atoms with van der Waals surface area (Å²) in [4.78, 5) is 0. The van der Waals surface area contributed by atoms with Crippen LogP contribution in [0.2, 0.25) is 0 Å². The normalized spacial score (nSPS) is 11.1. The van der Waals surface area contributed by atoms with Gasteiger partial charge in [0.05, 0.1) is 5.60 Å². The van der Waals surface area contributed by atoms with E-state index in [0.29, 0.717) is 5.05 Å². The second kappa shape index (κ2) is 5.24. The highest BCUT2D eigenvalue weighted by Gasteiger charge is 2.10. The molecule has 0 spiro atoms. The lowest BCUT2D eigenvalue weighted by Gasteiger charge is -2.19. The lowest BCUT2D eigenvalue weighted by Crippen LogP contribution is -2.22. The zero-order valence-electron chi connectivity index (χ0n) is 9.32. The molecule has 0 N–H and O–H groups in total. The Morgan fingerprint density at radius 1 is 1.20 bits per heavy atom. The van der Waals surface area contributed by atoms with E-state index in [2.05, 4.69) is 0 Å². The lowest BCUT2D eigenvalue weighted by molar-refractivity contribution is -0.0796. The van der Waals surface area contributed by atoms with Gasteiger partial charge in [-0.3, -0.25) is 0 Å². The molecule has 0 fully saturated rings. The number of ether oxygens (including phenoxy) is 2. The zero-order valence-corrected chi connectivity index (χ0v) is 10.1. The molecule has 0 aliphatic rings. The molecule has 0 aliphatic heterocycles. The van der Waals surface area contributed by atoms with Gasteiger partial charge in [-0.2, -0.15) is 0 Å². The van der Waals surface area contributed by atoms with Crippen LogP contribution in [0.15, 0.2) is 30.3 Å². The van der Waals surface area contributed by atoms with Crippen LogP contribution >= 0.6 is 12.2 Å². The predicted molar refractivity (Wildman–Crippen MR) is 64.9 cm³/mol. The Morgan fingerprint density at radius 2 is 1.80 bits per heavy atom. The van der Waals surface area contributed by atoms with E-state index in [0.717, 1.165) is 5.56 Å². The van der Waals surface area contributed by atoms with Gasteiger partial charge >= 0.3 is 0 Å². The molecule has 3 heteroatoms. The van der Waals surface area contributed by atoms with Crippen molar-refractivity contribution in [2.45, 2.75) is 26.4 Å². The fraction of sp³-hybridized carbons (Fsp3) is 0.417. The Balaban J connectivity index is 2.38. The maximum Gasteiger partial charge on any atom is 0.194 e. The maximum absolute atomic E-state index is 5.41. The third-order valence-corrected chi connectivity index (χ3v) is 2.05. The minimum absolute atomic E-state index is 0.192. The van der Waals surface area contributed by atoms with Gasteiger partial charge in [-0.05, 0) is 33.0 Å². The molecule has 0 bridgehead atoms. The summed E-state index contributed by atoms with van der Waals surface area (Å²) >= 11 is 5.11. The largest absolute Gasteiger partial charge is 0.457 e. The van der Waals surface area contributed by atoms with Gasteiger partial charge in [0, 0.05) is 5.56 Å². The number of thiocarbonyl (C=S) groups is 1. The Hall–Kier alpha value is -0.930. The molecule has 0 aromatic heterocycles. The SMILES string of the molecule is CC(C)(C)OCOC(=S)c1ccccc1. The second-order valence-corrected chi connectivity index (χ2v) is 4.54. The van der Waals surface area contributed by atoms with Crippen molar-refractivity contribution in [1.29, 1.82) is 0 Å². The molecule has 1 aromatic carbocycles. The van der Waals surface area contributed by atoms with Crippen molar-refractivity contribution >= 4 is 17.3 Å². The summed E-state index contributed by atoms with van der Waals surface area (Å²) in [6.45, 7) is 6.11. The number of rotatable bonds is 3. The quantitative estimate of drug-likeness (QED) is 0.580. The van der Waals surface area contributed by atoms with Crippen LogP contribution in [-0.2, 0) is 9.47 Å². The van der Waals surface area contributed by atoms with Crippen molar-refractivity contribution in [3.05, 3.63) is 35.9 Å². The summed E-state index contributed by atoms with van der Waals surface area (Å²) in [5.41, 5.74) is 0.705. The molecule has 0 amide bonds. The van der Waals surface area contributed by atoms with Gasteiger partial charge in [-0.15, -0.1) is 0 Å². The number of benzene rings is 1. The minimum Gasteiger partial charge on any atom is -0.457 e. The molecule has 2 nitrogen and oxygen atoms in total. The summed E-state index contributed by atoms with van der Waals surface area (Å²) in [5.74, 6) is 0. The summed E-state index contributed by atoms with van der Waals surface area (Å²) in [6.07, 6.45) is 0. The van der Waals surface area contributed by atoms with E-state index in [9.17, 15) is 0 Å². The molecule has 1 rings (SSSR count). The van der Waals surface area contributed by atoms with Crippen LogP contribution in [0.1, 0.15) is 26.3 Å². The Bertz CT molecular complexity index is 314. The second-order valence-electron chi connectivity index (χ2n) is 4.17. The van der Waals surface area contributed by atoms with Crippen molar-refractivity contribution in [3.63, 3.8) is 0 Å². The third kappa shape index (κ3) is 4.91. The molecule has 0 saturated carbocycles. The van der Waals surface area contributed by atoms with Crippen LogP contribution in [-0.4, -0.2) is 17.4 Å². The molecular formula is C12H16O2S. The van der Waals surface area contributed by atoms with Crippen molar-refractivity contribution in [2.24, 2.45) is 0 Å². The highest BCUT2D eigenvalue weighted by atomic mass is 32.1. The topological polar surface area (TPSA) is 18.5 Å². The van der Waals surface area contributed by atoms with E-state index < -0.39 is 0 Å². The van der Waals surface area contributed by atoms with Crippen molar-refractivity contribution in [1.82, 2.24) is 0 Å². The molecule has 82 valence electrons. The van der Waals surface area contributed by atoms with Crippen LogP contribution in [0.4, 0.5) is 0 Å². The van der Waals surface area contributed by atoms with E-state index in [1.807, 2.05) is 51.1 Å². The van der Waals surface area contributed by atoms with Gasteiger partial charge < -0.3 is 9.47 Å². The summed E-state index contributed by atoms with van der Waals surface area (Å²) in [5, 5.41) is 0.472. The van der Waals surface area contributed by atoms with E-state index in [1.54, 1.807) is 0 Å². The van der Waals surface area contributed by atoms with Crippen LogP contribution < -0.4 is 0 Å². The van der Waals surface area contributed by atoms with E-state index in [1.165, 1.54) is 0 Å². The van der Waals surface area contributed by atoms with Crippen LogP contribution in [0, 0.1) is 0 Å². The lowest BCUT2D eigenvalue weighted by atomic mass is 10.2. The molecule has 0 aliphatic carbocycles. The highest BCUT2D eigenvalue weighted by molar-refractivity contribution is 7.80. The Morgan fingerprint density at radius 3 is 2.33 bits per heavy atom. The molecule has 15 heavy (non-hydrogen) atoms. The third-order valence-electron chi connectivity index (χ3n) is 1.69. The van der Waals surface area contributed by atoms with Gasteiger partial charge in [0.2, 0.25) is 0 Å². The molecule has 0 saturated heterocycles. The van der Waals surface area contributed by atoms with Gasteiger partial charge in [0.1, 0.15) is 0 Å². The van der Waals surface area contributed by atoms with Crippen molar-refractivity contribution < 1.29 is 9.47 Å². The van der Waals surface area contributed by atoms with E-state index >= 15 is 0 Å². The van der Waals surface area contributed by atoms with Gasteiger partial charge in [0.25, 0.3) is 0 Å². The van der Waals surface area contributed by atoms with Crippen molar-refractivity contribution in [2.75, 3.05) is 6.79 Å². The molecule has 1 aromatic rings. The first kappa shape index (κ1) is 12.1. The smallest absolute Gasteiger partial charge is 0.194 e. The standard InChI is InChI=1S/C12H16O2S/c1-12(2,3)14-9-13-11(15)10-7-5-4-6-8-10/h4-8H,9H2,1-3H3. The molecular weight excluding hydrogens is 208 g/mol. The Kier molecular flexibility index (Phi) is 4.24. The van der Waals surface area contributed by atoms with E-state index in [-0.39, 0.29) is 12.4 Å². The average molecular weight is 224 g/mol. The molecule has 0 atom stereocenters.